The minimum atomic E-state index is -0.0370. The van der Waals surface area contributed by atoms with Crippen LogP contribution in [0.25, 0.3) is 0 Å². The van der Waals surface area contributed by atoms with Crippen LogP contribution in [0.2, 0.25) is 0 Å². The smallest absolute Gasteiger partial charge is 0.125 e. The van der Waals surface area contributed by atoms with E-state index in [1.165, 1.54) is 16.1 Å². The lowest BCUT2D eigenvalue weighted by Gasteiger charge is -2.32. The molecule has 0 spiro atoms. The molecule has 3 nitrogen and oxygen atoms in total. The molecule has 2 heterocycles. The molecule has 2 N–H and O–H groups in total. The summed E-state index contributed by atoms with van der Waals surface area (Å²) in [7, 11) is 1.71. The number of nitrogens with zero attached hydrogens (tertiary/aromatic N) is 1. The molecule has 1 aromatic carbocycles. The van der Waals surface area contributed by atoms with Gasteiger partial charge in [0, 0.05) is 35.3 Å². The summed E-state index contributed by atoms with van der Waals surface area (Å²) in [6.45, 7) is 4.02. The standard InChI is InChI=1S/C16H20N2OS/c1-11(17)16-13(4-3-5-14(16)19-2)18-8-6-15-12(10-18)7-9-20-15/h3-5,7,9,11H,6,8,10,17H2,1-2H3. The van der Waals surface area contributed by atoms with Gasteiger partial charge in [-0.2, -0.15) is 0 Å². The minimum Gasteiger partial charge on any atom is -0.496 e. The van der Waals surface area contributed by atoms with E-state index < -0.39 is 0 Å². The molecule has 1 atom stereocenters. The average molecular weight is 288 g/mol. The van der Waals surface area contributed by atoms with Crippen LogP contribution in [0.4, 0.5) is 5.69 Å². The first-order valence-electron chi connectivity index (χ1n) is 6.93. The summed E-state index contributed by atoms with van der Waals surface area (Å²) in [5.74, 6) is 0.883. The lowest BCUT2D eigenvalue weighted by molar-refractivity contribution is 0.407. The van der Waals surface area contributed by atoms with Crippen molar-refractivity contribution in [3.8, 4) is 5.75 Å². The van der Waals surface area contributed by atoms with Gasteiger partial charge in [-0.3, -0.25) is 0 Å². The van der Waals surface area contributed by atoms with Gasteiger partial charge < -0.3 is 15.4 Å². The topological polar surface area (TPSA) is 38.5 Å². The van der Waals surface area contributed by atoms with E-state index in [1.54, 1.807) is 7.11 Å². The third-order valence-electron chi connectivity index (χ3n) is 3.87. The number of anilines is 1. The van der Waals surface area contributed by atoms with E-state index in [0.717, 1.165) is 30.8 Å². The predicted octanol–water partition coefficient (Wildman–Crippen LogP) is 3.34. The van der Waals surface area contributed by atoms with Gasteiger partial charge in [0.1, 0.15) is 5.75 Å². The molecule has 106 valence electrons. The van der Waals surface area contributed by atoms with E-state index in [9.17, 15) is 0 Å². The number of hydrogen-bond donors (Lipinski definition) is 1. The van der Waals surface area contributed by atoms with Crippen molar-refractivity contribution in [1.82, 2.24) is 0 Å². The van der Waals surface area contributed by atoms with E-state index in [1.807, 2.05) is 30.4 Å². The number of thiophene rings is 1. The Morgan fingerprint density at radius 3 is 2.95 bits per heavy atom. The molecule has 3 rings (SSSR count). The summed E-state index contributed by atoms with van der Waals surface area (Å²) >= 11 is 1.86. The zero-order valence-electron chi connectivity index (χ0n) is 11.9. The zero-order valence-corrected chi connectivity index (χ0v) is 12.7. The molecule has 0 fully saturated rings. The van der Waals surface area contributed by atoms with Crippen molar-refractivity contribution in [2.45, 2.75) is 25.9 Å². The maximum Gasteiger partial charge on any atom is 0.125 e. The van der Waals surface area contributed by atoms with Gasteiger partial charge in [-0.1, -0.05) is 6.07 Å². The fourth-order valence-electron chi connectivity index (χ4n) is 2.90. The van der Waals surface area contributed by atoms with E-state index in [2.05, 4.69) is 22.4 Å². The first kappa shape index (κ1) is 13.5. The van der Waals surface area contributed by atoms with Gasteiger partial charge in [-0.05, 0) is 42.5 Å². The summed E-state index contributed by atoms with van der Waals surface area (Å²) in [5.41, 5.74) is 9.92. The summed E-state index contributed by atoms with van der Waals surface area (Å²) in [4.78, 5) is 3.93. The molecule has 0 saturated heterocycles. The molecule has 1 aromatic heterocycles. The summed E-state index contributed by atoms with van der Waals surface area (Å²) in [6, 6.07) is 8.38. The Hall–Kier alpha value is -1.52. The van der Waals surface area contributed by atoms with Gasteiger partial charge in [-0.15, -0.1) is 11.3 Å². The van der Waals surface area contributed by atoms with Crippen molar-refractivity contribution < 1.29 is 4.74 Å². The highest BCUT2D eigenvalue weighted by atomic mass is 32.1. The Bertz CT molecular complexity index is 606. The van der Waals surface area contributed by atoms with E-state index in [-0.39, 0.29) is 6.04 Å². The van der Waals surface area contributed by atoms with Crippen molar-refractivity contribution in [2.75, 3.05) is 18.6 Å². The van der Waals surface area contributed by atoms with Crippen molar-refractivity contribution in [1.29, 1.82) is 0 Å². The molecule has 4 heteroatoms. The van der Waals surface area contributed by atoms with Crippen LogP contribution >= 0.6 is 11.3 Å². The van der Waals surface area contributed by atoms with Crippen LogP contribution in [0.15, 0.2) is 29.6 Å². The van der Waals surface area contributed by atoms with E-state index in [0.29, 0.717) is 0 Å². The summed E-state index contributed by atoms with van der Waals surface area (Å²) in [6.07, 6.45) is 1.11. The number of fused-ring (bicyclic) bond motifs is 1. The molecular weight excluding hydrogens is 268 g/mol. The SMILES string of the molecule is COc1cccc(N2CCc3sccc3C2)c1C(C)N. The van der Waals surface area contributed by atoms with Gasteiger partial charge in [0.15, 0.2) is 0 Å². The molecule has 0 saturated carbocycles. The van der Waals surface area contributed by atoms with Crippen molar-refractivity contribution >= 4 is 17.0 Å². The molecule has 0 bridgehead atoms. The molecular formula is C16H20N2OS. The van der Waals surface area contributed by atoms with Gasteiger partial charge in [0.25, 0.3) is 0 Å². The number of rotatable bonds is 3. The molecule has 1 unspecified atom stereocenters. The molecule has 0 aliphatic carbocycles. The number of benzene rings is 1. The maximum atomic E-state index is 6.17. The Morgan fingerprint density at radius 1 is 1.35 bits per heavy atom. The van der Waals surface area contributed by atoms with Crippen LogP contribution < -0.4 is 15.4 Å². The quantitative estimate of drug-likeness (QED) is 0.941. The van der Waals surface area contributed by atoms with Crippen LogP contribution in [0.1, 0.15) is 29.0 Å². The number of hydrogen-bond acceptors (Lipinski definition) is 4. The zero-order chi connectivity index (χ0) is 14.1. The Balaban J connectivity index is 1.99. The normalized spacial score (nSPS) is 15.8. The number of methoxy groups -OCH3 is 1. The average Bonchev–Trinajstić information content (AvgIpc) is 2.93. The second kappa shape index (κ2) is 5.46. The third kappa shape index (κ3) is 2.30. The van der Waals surface area contributed by atoms with Crippen LogP contribution in [-0.2, 0) is 13.0 Å². The predicted molar refractivity (Wildman–Crippen MR) is 84.7 cm³/mol. The Kier molecular flexibility index (Phi) is 3.68. The molecule has 0 amide bonds. The fourth-order valence-corrected chi connectivity index (χ4v) is 3.79. The highest BCUT2D eigenvalue weighted by Crippen LogP contribution is 2.36. The molecule has 1 aliphatic rings. The first-order chi connectivity index (χ1) is 9.70. The fraction of sp³-hybridized carbons (Fsp3) is 0.375. The second-order valence-corrected chi connectivity index (χ2v) is 6.22. The van der Waals surface area contributed by atoms with Crippen LogP contribution in [0.5, 0.6) is 5.75 Å². The highest BCUT2D eigenvalue weighted by molar-refractivity contribution is 7.10. The van der Waals surface area contributed by atoms with Gasteiger partial charge in [0.2, 0.25) is 0 Å². The van der Waals surface area contributed by atoms with Crippen molar-refractivity contribution in [2.24, 2.45) is 5.73 Å². The third-order valence-corrected chi connectivity index (χ3v) is 4.89. The highest BCUT2D eigenvalue weighted by Gasteiger charge is 2.22. The minimum absolute atomic E-state index is 0.0370. The Labute approximate surface area is 124 Å². The molecule has 1 aliphatic heterocycles. The lowest BCUT2D eigenvalue weighted by atomic mass is 10.0. The lowest BCUT2D eigenvalue weighted by Crippen LogP contribution is -2.31. The second-order valence-electron chi connectivity index (χ2n) is 5.22. The molecule has 20 heavy (non-hydrogen) atoms. The largest absolute Gasteiger partial charge is 0.496 e. The maximum absolute atomic E-state index is 6.17. The molecule has 2 aromatic rings. The van der Waals surface area contributed by atoms with Gasteiger partial charge in [0.05, 0.1) is 7.11 Å². The summed E-state index contributed by atoms with van der Waals surface area (Å²) < 4.78 is 5.49. The Morgan fingerprint density at radius 2 is 2.20 bits per heavy atom. The van der Waals surface area contributed by atoms with Gasteiger partial charge >= 0.3 is 0 Å². The number of nitrogens with two attached hydrogens (primary N) is 1. The molecule has 0 radical (unpaired) electrons. The number of ether oxygens (including phenoxy) is 1. The van der Waals surface area contributed by atoms with Crippen LogP contribution in [0, 0.1) is 0 Å². The van der Waals surface area contributed by atoms with Crippen LogP contribution in [-0.4, -0.2) is 13.7 Å². The van der Waals surface area contributed by atoms with Crippen LogP contribution in [0.3, 0.4) is 0 Å². The van der Waals surface area contributed by atoms with Crippen molar-refractivity contribution in [3.05, 3.63) is 45.6 Å². The monoisotopic (exact) mass is 288 g/mol. The first-order valence-corrected chi connectivity index (χ1v) is 7.81. The van der Waals surface area contributed by atoms with Crippen molar-refractivity contribution in [3.63, 3.8) is 0 Å². The summed E-state index contributed by atoms with van der Waals surface area (Å²) in [5, 5.41) is 2.19. The van der Waals surface area contributed by atoms with Gasteiger partial charge in [-0.25, -0.2) is 0 Å². The van der Waals surface area contributed by atoms with E-state index >= 15 is 0 Å². The van der Waals surface area contributed by atoms with E-state index in [4.69, 9.17) is 10.5 Å².